The Balaban J connectivity index is 2.89. The fourth-order valence-corrected chi connectivity index (χ4v) is 1.55. The Morgan fingerprint density at radius 1 is 1.25 bits per heavy atom. The zero-order chi connectivity index (χ0) is 8.97. The van der Waals surface area contributed by atoms with Crippen molar-refractivity contribution in [1.29, 1.82) is 0 Å². The molecule has 0 atom stereocenters. The van der Waals surface area contributed by atoms with Gasteiger partial charge < -0.3 is 0 Å². The van der Waals surface area contributed by atoms with Gasteiger partial charge in [-0.15, -0.1) is 11.8 Å². The molecule has 0 heterocycles. The first-order valence-corrected chi connectivity index (χ1v) is 5.29. The van der Waals surface area contributed by atoms with Crippen LogP contribution in [0.15, 0.2) is 29.7 Å². The Bertz CT molecular complexity index is 270. The largest absolute Gasteiger partial charge is 0.137 e. The molecule has 1 aromatic carbocycles. The zero-order valence-electron chi connectivity index (χ0n) is 7.79. The number of hydrogen-bond acceptors (Lipinski definition) is 1. The maximum atomic E-state index is 2.17. The maximum absolute atomic E-state index is 2.17. The minimum Gasteiger partial charge on any atom is -0.137 e. The molecular formula is C11H14S. The molecular weight excluding hydrogens is 164 g/mol. The molecule has 0 N–H and O–H groups in total. The number of rotatable bonds is 2. The molecule has 0 radical (unpaired) electrons. The van der Waals surface area contributed by atoms with Gasteiger partial charge in [-0.25, -0.2) is 0 Å². The van der Waals surface area contributed by atoms with Gasteiger partial charge in [0.2, 0.25) is 0 Å². The second kappa shape index (κ2) is 4.36. The fraction of sp³-hybridized carbons (Fsp3) is 0.273. The molecule has 0 aliphatic heterocycles. The third-order valence-corrected chi connectivity index (χ3v) is 2.39. The fourth-order valence-electron chi connectivity index (χ4n) is 1.06. The van der Waals surface area contributed by atoms with Crippen LogP contribution in [0.2, 0.25) is 0 Å². The Morgan fingerprint density at radius 3 is 2.33 bits per heavy atom. The van der Waals surface area contributed by atoms with Crippen molar-refractivity contribution in [1.82, 2.24) is 0 Å². The molecule has 64 valence electrons. The molecule has 0 nitrogen and oxygen atoms in total. The van der Waals surface area contributed by atoms with Crippen molar-refractivity contribution in [3.63, 3.8) is 0 Å². The quantitative estimate of drug-likeness (QED) is 0.665. The summed E-state index contributed by atoms with van der Waals surface area (Å²) in [6, 6.07) is 8.62. The summed E-state index contributed by atoms with van der Waals surface area (Å²) in [4.78, 5) is 0. The molecule has 0 aromatic heterocycles. The van der Waals surface area contributed by atoms with Crippen LogP contribution in [-0.2, 0) is 0 Å². The molecule has 0 unspecified atom stereocenters. The van der Waals surface area contributed by atoms with Gasteiger partial charge in [0.15, 0.2) is 0 Å². The van der Waals surface area contributed by atoms with Crippen LogP contribution in [0, 0.1) is 6.92 Å². The standard InChI is InChI=1S/C11H14S/c1-9-4-6-11(7-5-9)10(2)8-12-3/h4-8H,1-3H3/b10-8+. The van der Waals surface area contributed by atoms with Crippen LogP contribution >= 0.6 is 11.8 Å². The minimum absolute atomic E-state index is 1.31. The molecule has 0 fully saturated rings. The lowest BCUT2D eigenvalue weighted by Gasteiger charge is -2.00. The zero-order valence-corrected chi connectivity index (χ0v) is 8.61. The van der Waals surface area contributed by atoms with Gasteiger partial charge in [0, 0.05) is 0 Å². The first kappa shape index (κ1) is 9.40. The summed E-state index contributed by atoms with van der Waals surface area (Å²) in [5.41, 5.74) is 3.97. The molecule has 0 bridgehead atoms. The lowest BCUT2D eigenvalue weighted by atomic mass is 10.1. The predicted molar refractivity (Wildman–Crippen MR) is 58.3 cm³/mol. The van der Waals surface area contributed by atoms with E-state index in [1.54, 1.807) is 11.8 Å². The molecule has 0 saturated heterocycles. The van der Waals surface area contributed by atoms with Gasteiger partial charge in [-0.2, -0.15) is 0 Å². The number of allylic oxidation sites excluding steroid dienone is 1. The summed E-state index contributed by atoms with van der Waals surface area (Å²) >= 11 is 1.75. The lowest BCUT2D eigenvalue weighted by molar-refractivity contribution is 1.45. The normalized spacial score (nSPS) is 11.8. The number of thioether (sulfide) groups is 1. The summed E-state index contributed by atoms with van der Waals surface area (Å²) in [5, 5.41) is 2.17. The van der Waals surface area contributed by atoms with Crippen LogP contribution in [0.5, 0.6) is 0 Å². The van der Waals surface area contributed by atoms with Gasteiger partial charge in [0.1, 0.15) is 0 Å². The Labute approximate surface area is 78.7 Å². The van der Waals surface area contributed by atoms with Crippen molar-refractivity contribution < 1.29 is 0 Å². The summed E-state index contributed by atoms with van der Waals surface area (Å²) in [6.45, 7) is 4.25. The van der Waals surface area contributed by atoms with Crippen molar-refractivity contribution in [2.45, 2.75) is 13.8 Å². The van der Waals surface area contributed by atoms with E-state index in [1.165, 1.54) is 16.7 Å². The van der Waals surface area contributed by atoms with Crippen molar-refractivity contribution >= 4 is 17.3 Å². The molecule has 12 heavy (non-hydrogen) atoms. The molecule has 0 amide bonds. The Kier molecular flexibility index (Phi) is 3.42. The van der Waals surface area contributed by atoms with Crippen molar-refractivity contribution in [2.24, 2.45) is 0 Å². The second-order valence-corrected chi connectivity index (χ2v) is 3.61. The van der Waals surface area contributed by atoms with E-state index in [2.05, 4.69) is 49.8 Å². The average Bonchev–Trinajstić information content (AvgIpc) is 2.06. The third kappa shape index (κ3) is 2.42. The molecule has 1 aromatic rings. The van der Waals surface area contributed by atoms with Crippen LogP contribution in [0.25, 0.3) is 5.57 Å². The minimum atomic E-state index is 1.31. The van der Waals surface area contributed by atoms with Gasteiger partial charge in [0.25, 0.3) is 0 Å². The monoisotopic (exact) mass is 178 g/mol. The van der Waals surface area contributed by atoms with Crippen molar-refractivity contribution in [3.8, 4) is 0 Å². The van der Waals surface area contributed by atoms with Crippen molar-refractivity contribution in [2.75, 3.05) is 6.26 Å². The summed E-state index contributed by atoms with van der Waals surface area (Å²) in [7, 11) is 0. The van der Waals surface area contributed by atoms with Crippen LogP contribution in [0.3, 0.4) is 0 Å². The average molecular weight is 178 g/mol. The van der Waals surface area contributed by atoms with E-state index in [4.69, 9.17) is 0 Å². The second-order valence-electron chi connectivity index (χ2n) is 2.90. The lowest BCUT2D eigenvalue weighted by Crippen LogP contribution is -1.78. The number of aryl methyl sites for hydroxylation is 1. The first-order valence-electron chi connectivity index (χ1n) is 4.00. The highest BCUT2D eigenvalue weighted by atomic mass is 32.2. The van der Waals surface area contributed by atoms with E-state index in [0.717, 1.165) is 0 Å². The van der Waals surface area contributed by atoms with E-state index in [9.17, 15) is 0 Å². The summed E-state index contributed by atoms with van der Waals surface area (Å²) < 4.78 is 0. The van der Waals surface area contributed by atoms with Crippen LogP contribution in [0.4, 0.5) is 0 Å². The predicted octanol–water partition coefficient (Wildman–Crippen LogP) is 3.72. The molecule has 0 spiro atoms. The molecule has 0 aliphatic rings. The molecule has 1 heteroatoms. The van der Waals surface area contributed by atoms with Gasteiger partial charge in [-0.3, -0.25) is 0 Å². The van der Waals surface area contributed by atoms with Crippen LogP contribution in [-0.4, -0.2) is 6.26 Å². The molecule has 0 aliphatic carbocycles. The van der Waals surface area contributed by atoms with Crippen LogP contribution < -0.4 is 0 Å². The highest BCUT2D eigenvalue weighted by molar-refractivity contribution is 8.01. The number of benzene rings is 1. The molecule has 1 rings (SSSR count). The maximum Gasteiger partial charge on any atom is -0.0142 e. The van der Waals surface area contributed by atoms with E-state index in [1.807, 2.05) is 0 Å². The van der Waals surface area contributed by atoms with E-state index >= 15 is 0 Å². The molecule has 0 saturated carbocycles. The van der Waals surface area contributed by atoms with Crippen molar-refractivity contribution in [3.05, 3.63) is 40.8 Å². The summed E-state index contributed by atoms with van der Waals surface area (Å²) in [5.74, 6) is 0. The Hall–Kier alpha value is -0.690. The van der Waals surface area contributed by atoms with Gasteiger partial charge >= 0.3 is 0 Å². The highest BCUT2D eigenvalue weighted by Crippen LogP contribution is 2.16. The van der Waals surface area contributed by atoms with Crippen LogP contribution in [0.1, 0.15) is 18.1 Å². The Morgan fingerprint density at radius 2 is 1.83 bits per heavy atom. The van der Waals surface area contributed by atoms with E-state index in [-0.39, 0.29) is 0 Å². The SMILES string of the molecule is CS/C=C(\C)c1ccc(C)cc1. The van der Waals surface area contributed by atoms with Gasteiger partial charge in [-0.05, 0) is 36.6 Å². The summed E-state index contributed by atoms with van der Waals surface area (Å²) in [6.07, 6.45) is 2.08. The third-order valence-electron chi connectivity index (χ3n) is 1.80. The van der Waals surface area contributed by atoms with Gasteiger partial charge in [0.05, 0.1) is 0 Å². The number of hydrogen-bond donors (Lipinski definition) is 0. The smallest absolute Gasteiger partial charge is 0.0142 e. The van der Waals surface area contributed by atoms with E-state index < -0.39 is 0 Å². The van der Waals surface area contributed by atoms with Gasteiger partial charge in [-0.1, -0.05) is 29.8 Å². The topological polar surface area (TPSA) is 0 Å². The first-order chi connectivity index (χ1) is 5.74. The van der Waals surface area contributed by atoms with E-state index in [0.29, 0.717) is 0 Å². The highest BCUT2D eigenvalue weighted by Gasteiger charge is 1.92.